The van der Waals surface area contributed by atoms with Gasteiger partial charge in [0.1, 0.15) is 11.2 Å². The molecular weight excluding hydrogens is 396 g/mol. The number of nitrogens with zero attached hydrogens (tertiary/aromatic N) is 3. The van der Waals surface area contributed by atoms with Crippen LogP contribution in [0.5, 0.6) is 0 Å². The molecule has 156 valence electrons. The molecule has 8 heteroatoms. The van der Waals surface area contributed by atoms with Gasteiger partial charge in [-0.25, -0.2) is 14.8 Å². The van der Waals surface area contributed by atoms with Gasteiger partial charge in [0.25, 0.3) is 5.91 Å². The van der Waals surface area contributed by atoms with E-state index in [1.165, 1.54) is 6.20 Å². The van der Waals surface area contributed by atoms with Gasteiger partial charge in [0.15, 0.2) is 0 Å². The molecule has 0 bridgehead atoms. The highest BCUT2D eigenvalue weighted by molar-refractivity contribution is 5.96. The van der Waals surface area contributed by atoms with Crippen molar-refractivity contribution in [3.05, 3.63) is 72.3 Å². The number of benzene rings is 1. The lowest BCUT2D eigenvalue weighted by atomic mass is 9.72. The van der Waals surface area contributed by atoms with Crippen molar-refractivity contribution < 1.29 is 19.4 Å². The van der Waals surface area contributed by atoms with Crippen LogP contribution in [0.15, 0.2) is 61.2 Å². The van der Waals surface area contributed by atoms with Gasteiger partial charge < -0.3 is 9.84 Å². The smallest absolute Gasteiger partial charge is 0.341 e. The van der Waals surface area contributed by atoms with E-state index in [1.807, 2.05) is 30.3 Å². The van der Waals surface area contributed by atoms with Crippen LogP contribution in [0.25, 0.3) is 11.1 Å². The Morgan fingerprint density at radius 3 is 2.39 bits per heavy atom. The van der Waals surface area contributed by atoms with Crippen LogP contribution < -0.4 is 5.32 Å². The molecule has 0 atom stereocenters. The van der Waals surface area contributed by atoms with Crippen molar-refractivity contribution in [2.45, 2.75) is 36.9 Å². The molecule has 2 aliphatic rings. The number of fused-ring (bicyclic) bond motifs is 2. The average molecular weight is 416 g/mol. The van der Waals surface area contributed by atoms with Gasteiger partial charge in [-0.2, -0.15) is 0 Å². The van der Waals surface area contributed by atoms with Gasteiger partial charge in [0, 0.05) is 35.9 Å². The lowest BCUT2D eigenvalue weighted by Crippen LogP contribution is -2.49. The normalized spacial score (nSPS) is 24.5. The van der Waals surface area contributed by atoms with Crippen LogP contribution in [0.2, 0.25) is 0 Å². The van der Waals surface area contributed by atoms with Gasteiger partial charge in [0.2, 0.25) is 5.95 Å². The number of hydrogen-bond donors (Lipinski definition) is 2. The fraction of sp³-hybridized carbons (Fsp3) is 0.261. The summed E-state index contributed by atoms with van der Waals surface area (Å²) in [4.78, 5) is 37.4. The molecule has 2 N–H and O–H groups in total. The van der Waals surface area contributed by atoms with Crippen molar-refractivity contribution >= 4 is 17.8 Å². The molecule has 1 saturated carbocycles. The van der Waals surface area contributed by atoms with E-state index in [0.29, 0.717) is 18.4 Å². The van der Waals surface area contributed by atoms with Crippen LogP contribution in [-0.4, -0.2) is 37.5 Å². The lowest BCUT2D eigenvalue weighted by Gasteiger charge is -2.40. The number of carbonyl (C=O) groups excluding carboxylic acids is 2. The zero-order chi connectivity index (χ0) is 21.5. The predicted molar refractivity (Wildman–Crippen MR) is 111 cm³/mol. The number of ether oxygens (including phenoxy) is 1. The van der Waals surface area contributed by atoms with Crippen LogP contribution >= 0.6 is 0 Å². The molecule has 1 amide bonds. The molecular formula is C23H20N4O4. The molecule has 3 aromatic rings. The summed E-state index contributed by atoms with van der Waals surface area (Å²) in [6, 6.07) is 11.4. The molecule has 0 unspecified atom stereocenters. The zero-order valence-corrected chi connectivity index (χ0v) is 16.6. The predicted octanol–water partition coefficient (Wildman–Crippen LogP) is 2.85. The first-order chi connectivity index (χ1) is 15.0. The highest BCUT2D eigenvalue weighted by atomic mass is 16.6. The summed E-state index contributed by atoms with van der Waals surface area (Å²) in [5, 5.41) is 13.6. The Kier molecular flexibility index (Phi) is 4.51. The van der Waals surface area contributed by atoms with E-state index in [2.05, 4.69) is 20.3 Å². The Bertz CT molecular complexity index is 1140. The van der Waals surface area contributed by atoms with Crippen LogP contribution in [0, 0.1) is 0 Å². The minimum Gasteiger partial charge on any atom is -0.450 e. The number of aliphatic hydroxyl groups is 1. The van der Waals surface area contributed by atoms with Crippen LogP contribution in [-0.2, 0) is 15.1 Å². The van der Waals surface area contributed by atoms with E-state index in [1.54, 1.807) is 24.7 Å². The SMILES string of the molecule is O=C1OC2(CCC(O)(C(=O)Nc3ncc(-c4ccccc4)cn3)CC2)c2ccncc21. The standard InChI is InChI=1S/C23H20N4O4/c28-19-17-14-24-11-6-18(17)23(31-19)9-7-22(30,8-10-23)20(29)27-21-25-12-16(13-26-21)15-4-2-1-3-5-15/h1-6,11-14,30H,7-10H2,(H,25,26,27,29). The minimum absolute atomic E-state index is 0.127. The maximum absolute atomic E-state index is 12.8. The molecule has 1 spiro atoms. The monoisotopic (exact) mass is 416 g/mol. The number of carbonyl (C=O) groups is 2. The molecule has 1 aromatic carbocycles. The molecule has 31 heavy (non-hydrogen) atoms. The zero-order valence-electron chi connectivity index (χ0n) is 16.6. The van der Waals surface area contributed by atoms with Crippen molar-refractivity contribution in [3.8, 4) is 11.1 Å². The Morgan fingerprint density at radius 1 is 0.968 bits per heavy atom. The van der Waals surface area contributed by atoms with E-state index in [-0.39, 0.29) is 18.8 Å². The average Bonchev–Trinajstić information content (AvgIpc) is 3.09. The fourth-order valence-corrected chi connectivity index (χ4v) is 4.30. The van der Waals surface area contributed by atoms with Crippen molar-refractivity contribution in [2.24, 2.45) is 0 Å². The number of esters is 1. The quantitative estimate of drug-likeness (QED) is 0.631. The fourth-order valence-electron chi connectivity index (χ4n) is 4.30. The molecule has 1 aliphatic carbocycles. The highest BCUT2D eigenvalue weighted by Gasteiger charge is 2.53. The van der Waals surface area contributed by atoms with Crippen molar-refractivity contribution in [3.63, 3.8) is 0 Å². The van der Waals surface area contributed by atoms with Crippen LogP contribution in [0.4, 0.5) is 5.95 Å². The number of rotatable bonds is 3. The summed E-state index contributed by atoms with van der Waals surface area (Å²) in [5.41, 5.74) is 0.621. The number of amides is 1. The second kappa shape index (κ2) is 7.24. The number of nitrogens with one attached hydrogen (secondary N) is 1. The Hall–Kier alpha value is -3.65. The molecule has 3 heterocycles. The van der Waals surface area contributed by atoms with E-state index in [4.69, 9.17) is 4.74 Å². The van der Waals surface area contributed by atoms with Crippen molar-refractivity contribution in [2.75, 3.05) is 5.32 Å². The van der Waals surface area contributed by atoms with E-state index < -0.39 is 23.1 Å². The summed E-state index contributed by atoms with van der Waals surface area (Å²) in [6.45, 7) is 0. The minimum atomic E-state index is -1.59. The summed E-state index contributed by atoms with van der Waals surface area (Å²) in [6.07, 6.45) is 7.34. The van der Waals surface area contributed by atoms with Gasteiger partial charge in [0.05, 0.1) is 5.56 Å². The summed E-state index contributed by atoms with van der Waals surface area (Å²) in [5.74, 6) is -0.846. The summed E-state index contributed by atoms with van der Waals surface area (Å²) < 4.78 is 5.66. The lowest BCUT2D eigenvalue weighted by molar-refractivity contribution is -0.144. The number of aromatic nitrogens is 3. The van der Waals surface area contributed by atoms with Gasteiger partial charge in [-0.15, -0.1) is 0 Å². The Labute approximate surface area is 178 Å². The molecule has 5 rings (SSSR count). The summed E-state index contributed by atoms with van der Waals surface area (Å²) >= 11 is 0. The van der Waals surface area contributed by atoms with Crippen LogP contribution in [0.3, 0.4) is 0 Å². The third-order valence-electron chi connectivity index (χ3n) is 6.11. The van der Waals surface area contributed by atoms with Gasteiger partial charge in [-0.1, -0.05) is 30.3 Å². The first-order valence-electron chi connectivity index (χ1n) is 10.1. The summed E-state index contributed by atoms with van der Waals surface area (Å²) in [7, 11) is 0. The van der Waals surface area contributed by atoms with Crippen LogP contribution in [0.1, 0.15) is 41.6 Å². The first-order valence-corrected chi connectivity index (χ1v) is 10.1. The second-order valence-electron chi connectivity index (χ2n) is 7.95. The van der Waals surface area contributed by atoms with E-state index >= 15 is 0 Å². The van der Waals surface area contributed by atoms with Crippen molar-refractivity contribution in [1.29, 1.82) is 0 Å². The van der Waals surface area contributed by atoms with Gasteiger partial charge in [-0.3, -0.25) is 15.1 Å². The van der Waals surface area contributed by atoms with E-state index in [9.17, 15) is 14.7 Å². The third-order valence-corrected chi connectivity index (χ3v) is 6.11. The maximum Gasteiger partial charge on any atom is 0.341 e. The molecule has 1 aliphatic heterocycles. The molecule has 2 aromatic heterocycles. The number of hydrogen-bond acceptors (Lipinski definition) is 7. The Morgan fingerprint density at radius 2 is 1.68 bits per heavy atom. The van der Waals surface area contributed by atoms with Gasteiger partial charge >= 0.3 is 5.97 Å². The van der Waals surface area contributed by atoms with Crippen molar-refractivity contribution in [1.82, 2.24) is 15.0 Å². The topological polar surface area (TPSA) is 114 Å². The molecule has 0 radical (unpaired) electrons. The van der Waals surface area contributed by atoms with E-state index in [0.717, 1.165) is 16.7 Å². The van der Waals surface area contributed by atoms with Gasteiger partial charge in [-0.05, 0) is 37.3 Å². The molecule has 8 nitrogen and oxygen atoms in total. The molecule has 1 fully saturated rings. The Balaban J connectivity index is 1.28. The molecule has 0 saturated heterocycles. The first kappa shape index (κ1) is 19.3. The number of pyridine rings is 1. The third kappa shape index (κ3) is 3.34. The highest BCUT2D eigenvalue weighted by Crippen LogP contribution is 2.49. The second-order valence-corrected chi connectivity index (χ2v) is 7.95. The maximum atomic E-state index is 12.8. The number of anilines is 1. The largest absolute Gasteiger partial charge is 0.450 e.